The maximum Gasteiger partial charge on any atom is 0.241 e. The van der Waals surface area contributed by atoms with Crippen molar-refractivity contribution in [1.82, 2.24) is 4.90 Å². The van der Waals surface area contributed by atoms with E-state index >= 15 is 0 Å². The summed E-state index contributed by atoms with van der Waals surface area (Å²) in [5.74, 6) is -0.580. The average molecular weight is 374 g/mol. The number of nitrogens with zero attached hydrogens (tertiary/aromatic N) is 2. The summed E-state index contributed by atoms with van der Waals surface area (Å²) in [6.07, 6.45) is 0. The number of rotatable bonds is 3. The first-order valence-corrected chi connectivity index (χ1v) is 10.3. The molecule has 0 N–H and O–H groups in total. The van der Waals surface area contributed by atoms with E-state index in [-0.39, 0.29) is 42.4 Å². The number of halogens is 1. The molecule has 136 valence electrons. The molecular weight excluding hydrogens is 355 g/mol. The van der Waals surface area contributed by atoms with Crippen LogP contribution in [0, 0.1) is 5.82 Å². The fourth-order valence-electron chi connectivity index (χ4n) is 3.90. The van der Waals surface area contributed by atoms with Gasteiger partial charge in [-0.2, -0.15) is 0 Å². The van der Waals surface area contributed by atoms with E-state index in [9.17, 15) is 17.6 Å². The van der Waals surface area contributed by atoms with Crippen LogP contribution in [-0.2, 0) is 21.2 Å². The molecule has 0 spiro atoms. The van der Waals surface area contributed by atoms with Crippen LogP contribution in [0.4, 0.5) is 10.1 Å². The highest BCUT2D eigenvalue weighted by atomic mass is 32.2. The van der Waals surface area contributed by atoms with E-state index in [0.717, 1.165) is 0 Å². The summed E-state index contributed by atoms with van der Waals surface area (Å²) >= 11 is 0. The predicted octanol–water partition coefficient (Wildman–Crippen LogP) is 1.84. The second kappa shape index (κ2) is 6.48. The highest BCUT2D eigenvalue weighted by molar-refractivity contribution is 7.91. The van der Waals surface area contributed by atoms with E-state index in [4.69, 9.17) is 0 Å². The maximum atomic E-state index is 14.0. The smallest absolute Gasteiger partial charge is 0.241 e. The standard InChI is InChI=1S/C19H19FN2O3S/c20-16-9-5-4-6-14(16)10-21-11-19(23)22(15-7-2-1-3-8-15)18-13-26(24,25)12-17(18)21/h1-9,17-18H,10-13H2/t17-,18+/m1/s1. The van der Waals surface area contributed by atoms with Gasteiger partial charge in [0.05, 0.1) is 24.1 Å². The second-order valence-corrected chi connectivity index (χ2v) is 8.96. The Morgan fingerprint density at radius 3 is 2.35 bits per heavy atom. The van der Waals surface area contributed by atoms with Gasteiger partial charge in [0.1, 0.15) is 5.82 Å². The zero-order valence-electron chi connectivity index (χ0n) is 14.1. The first-order chi connectivity index (χ1) is 12.4. The number of fused-ring (bicyclic) bond motifs is 1. The van der Waals surface area contributed by atoms with Gasteiger partial charge in [0, 0.05) is 23.8 Å². The van der Waals surface area contributed by atoms with Crippen LogP contribution in [0.5, 0.6) is 0 Å². The van der Waals surface area contributed by atoms with Crippen LogP contribution in [0.3, 0.4) is 0 Å². The highest BCUT2D eigenvalue weighted by Gasteiger charge is 2.49. The summed E-state index contributed by atoms with van der Waals surface area (Å²) in [6, 6.07) is 14.7. The van der Waals surface area contributed by atoms with Crippen molar-refractivity contribution < 1.29 is 17.6 Å². The maximum absolute atomic E-state index is 14.0. The first kappa shape index (κ1) is 17.2. The predicted molar refractivity (Wildman–Crippen MR) is 97.0 cm³/mol. The minimum atomic E-state index is -3.26. The molecule has 2 fully saturated rings. The summed E-state index contributed by atoms with van der Waals surface area (Å²) in [5, 5.41) is 0. The van der Waals surface area contributed by atoms with E-state index in [1.54, 1.807) is 28.0 Å². The van der Waals surface area contributed by atoms with Crippen LogP contribution in [0.2, 0.25) is 0 Å². The lowest BCUT2D eigenvalue weighted by Crippen LogP contribution is -2.61. The molecule has 0 unspecified atom stereocenters. The van der Waals surface area contributed by atoms with Gasteiger partial charge in [0.15, 0.2) is 9.84 Å². The Labute approximate surface area is 152 Å². The van der Waals surface area contributed by atoms with Crippen LogP contribution in [-0.4, -0.2) is 49.4 Å². The molecule has 2 atom stereocenters. The van der Waals surface area contributed by atoms with E-state index < -0.39 is 15.9 Å². The molecule has 5 nitrogen and oxygen atoms in total. The van der Waals surface area contributed by atoms with E-state index in [0.29, 0.717) is 11.3 Å². The first-order valence-electron chi connectivity index (χ1n) is 8.49. The molecule has 1 amide bonds. The molecule has 26 heavy (non-hydrogen) atoms. The third-order valence-electron chi connectivity index (χ3n) is 5.07. The number of hydrogen-bond donors (Lipinski definition) is 0. The molecule has 2 aromatic carbocycles. The van der Waals surface area contributed by atoms with Crippen LogP contribution >= 0.6 is 0 Å². The number of piperazine rings is 1. The lowest BCUT2D eigenvalue weighted by Gasteiger charge is -2.43. The number of amides is 1. The molecular formula is C19H19FN2O3S. The Kier molecular flexibility index (Phi) is 4.28. The fraction of sp³-hybridized carbons (Fsp3) is 0.316. The lowest BCUT2D eigenvalue weighted by molar-refractivity contribution is -0.123. The molecule has 0 aromatic heterocycles. The normalized spacial score (nSPS) is 25.3. The zero-order valence-corrected chi connectivity index (χ0v) is 14.9. The van der Waals surface area contributed by atoms with Crippen LogP contribution in [0.1, 0.15) is 5.56 Å². The van der Waals surface area contributed by atoms with Crippen molar-refractivity contribution >= 4 is 21.4 Å². The number of sulfone groups is 1. The molecule has 2 aromatic rings. The Bertz CT molecular complexity index is 933. The van der Waals surface area contributed by atoms with Crippen LogP contribution in [0.15, 0.2) is 54.6 Å². The largest absolute Gasteiger partial charge is 0.306 e. The topological polar surface area (TPSA) is 57.7 Å². The number of hydrogen-bond acceptors (Lipinski definition) is 4. The summed E-state index contributed by atoms with van der Waals surface area (Å²) in [7, 11) is -3.26. The summed E-state index contributed by atoms with van der Waals surface area (Å²) in [5.41, 5.74) is 1.17. The Morgan fingerprint density at radius 2 is 1.62 bits per heavy atom. The number of benzene rings is 2. The SMILES string of the molecule is O=C1CN(Cc2ccccc2F)[C@@H]2CS(=O)(=O)C[C@@H]2N1c1ccccc1. The average Bonchev–Trinajstić information content (AvgIpc) is 2.93. The molecule has 2 heterocycles. The lowest BCUT2D eigenvalue weighted by atomic mass is 10.0. The van der Waals surface area contributed by atoms with Gasteiger partial charge < -0.3 is 4.90 Å². The molecule has 2 saturated heterocycles. The minimum absolute atomic E-state index is 0.0112. The van der Waals surface area contributed by atoms with Crippen molar-refractivity contribution in [3.05, 3.63) is 66.0 Å². The molecule has 0 aliphatic carbocycles. The van der Waals surface area contributed by atoms with Gasteiger partial charge in [-0.15, -0.1) is 0 Å². The Morgan fingerprint density at radius 1 is 0.962 bits per heavy atom. The van der Waals surface area contributed by atoms with Gasteiger partial charge in [0.2, 0.25) is 5.91 Å². The van der Waals surface area contributed by atoms with Gasteiger partial charge in [-0.25, -0.2) is 12.8 Å². The quantitative estimate of drug-likeness (QED) is 0.823. The molecule has 0 bridgehead atoms. The molecule has 0 saturated carbocycles. The van der Waals surface area contributed by atoms with E-state index in [1.165, 1.54) is 6.07 Å². The number of carbonyl (C=O) groups is 1. The van der Waals surface area contributed by atoms with E-state index in [1.807, 2.05) is 30.3 Å². The molecule has 2 aliphatic rings. The fourth-order valence-corrected chi connectivity index (χ4v) is 5.88. The van der Waals surface area contributed by atoms with Gasteiger partial charge in [-0.05, 0) is 18.2 Å². The minimum Gasteiger partial charge on any atom is -0.306 e. The molecule has 0 radical (unpaired) electrons. The summed E-state index contributed by atoms with van der Waals surface area (Å²) in [4.78, 5) is 16.2. The van der Waals surface area contributed by atoms with Crippen molar-refractivity contribution in [1.29, 1.82) is 0 Å². The van der Waals surface area contributed by atoms with Gasteiger partial charge in [0.25, 0.3) is 0 Å². The third kappa shape index (κ3) is 3.12. The van der Waals surface area contributed by atoms with Gasteiger partial charge >= 0.3 is 0 Å². The summed E-state index contributed by atoms with van der Waals surface area (Å²) in [6.45, 7) is 0.289. The van der Waals surface area contributed by atoms with E-state index in [2.05, 4.69) is 0 Å². The second-order valence-electron chi connectivity index (χ2n) is 6.81. The number of carbonyl (C=O) groups excluding carboxylic acids is 1. The molecule has 4 rings (SSSR count). The van der Waals surface area contributed by atoms with Crippen LogP contribution in [0.25, 0.3) is 0 Å². The number of anilines is 1. The zero-order chi connectivity index (χ0) is 18.3. The van der Waals surface area contributed by atoms with Crippen molar-refractivity contribution in [2.24, 2.45) is 0 Å². The molecule has 7 heteroatoms. The Hall–Kier alpha value is -2.25. The third-order valence-corrected chi connectivity index (χ3v) is 6.77. The van der Waals surface area contributed by atoms with Crippen molar-refractivity contribution in [3.63, 3.8) is 0 Å². The highest BCUT2D eigenvalue weighted by Crippen LogP contribution is 2.32. The van der Waals surface area contributed by atoms with Crippen molar-refractivity contribution in [2.45, 2.75) is 18.6 Å². The van der Waals surface area contributed by atoms with Crippen LogP contribution < -0.4 is 4.90 Å². The Balaban J connectivity index is 1.68. The van der Waals surface area contributed by atoms with Gasteiger partial charge in [-0.3, -0.25) is 9.69 Å². The summed E-state index contributed by atoms with van der Waals surface area (Å²) < 4.78 is 38.7. The monoisotopic (exact) mass is 374 g/mol. The van der Waals surface area contributed by atoms with Crippen molar-refractivity contribution in [2.75, 3.05) is 23.0 Å². The number of para-hydroxylation sites is 1. The van der Waals surface area contributed by atoms with Gasteiger partial charge in [-0.1, -0.05) is 36.4 Å². The van der Waals surface area contributed by atoms with Crippen molar-refractivity contribution in [3.8, 4) is 0 Å². The molecule has 2 aliphatic heterocycles.